The van der Waals surface area contributed by atoms with Crippen molar-refractivity contribution in [2.75, 3.05) is 6.61 Å². The third-order valence-electron chi connectivity index (χ3n) is 3.56. The molecular weight excluding hydrogens is 300 g/mol. The minimum atomic E-state index is -0.890. The predicted octanol–water partition coefficient (Wildman–Crippen LogP) is 4.54. The number of rotatable bonds is 7. The molecule has 0 aliphatic heterocycles. The zero-order valence-corrected chi connectivity index (χ0v) is 13.2. The Labute approximate surface area is 135 Å². The van der Waals surface area contributed by atoms with Crippen molar-refractivity contribution in [2.24, 2.45) is 0 Å². The molecule has 0 aliphatic rings. The van der Waals surface area contributed by atoms with E-state index in [1.807, 2.05) is 24.3 Å². The first-order chi connectivity index (χ1) is 10.6. The van der Waals surface area contributed by atoms with Crippen LogP contribution in [0.5, 0.6) is 5.75 Å². The Morgan fingerprint density at radius 3 is 2.68 bits per heavy atom. The molecule has 2 aromatic carbocycles. The van der Waals surface area contributed by atoms with Gasteiger partial charge >= 0.3 is 5.97 Å². The van der Waals surface area contributed by atoms with E-state index in [1.165, 1.54) is 5.56 Å². The van der Waals surface area contributed by atoms with Crippen molar-refractivity contribution in [1.29, 1.82) is 0 Å². The van der Waals surface area contributed by atoms with Gasteiger partial charge in [-0.15, -0.1) is 0 Å². The minimum absolute atomic E-state index is 0.329. The molecule has 0 saturated heterocycles. The van der Waals surface area contributed by atoms with Crippen LogP contribution >= 0.6 is 11.6 Å². The number of carboxylic acids is 1. The molecule has 4 heteroatoms. The molecule has 116 valence electrons. The fourth-order valence-corrected chi connectivity index (χ4v) is 2.59. The molecule has 0 fully saturated rings. The summed E-state index contributed by atoms with van der Waals surface area (Å²) in [7, 11) is 0. The van der Waals surface area contributed by atoms with Crippen molar-refractivity contribution in [1.82, 2.24) is 0 Å². The van der Waals surface area contributed by atoms with Crippen molar-refractivity contribution in [3.8, 4) is 5.75 Å². The molecule has 0 heterocycles. The van der Waals surface area contributed by atoms with E-state index in [0.29, 0.717) is 23.6 Å². The van der Waals surface area contributed by atoms with Gasteiger partial charge in [-0.2, -0.15) is 0 Å². The standard InChI is InChI=1S/C18H19ClO3/c1-2-13-6-5-7-14(12-13)22-11-10-16(18(20)21)15-8-3-4-9-17(15)19/h3-9,12,16H,2,10-11H2,1H3,(H,20,21). The van der Waals surface area contributed by atoms with Crippen LogP contribution in [0.4, 0.5) is 0 Å². The zero-order chi connectivity index (χ0) is 15.9. The second-order valence-electron chi connectivity index (χ2n) is 5.05. The van der Waals surface area contributed by atoms with Crippen LogP contribution in [0.3, 0.4) is 0 Å². The Hall–Kier alpha value is -2.00. The maximum Gasteiger partial charge on any atom is 0.311 e. The SMILES string of the molecule is CCc1cccc(OCCC(C(=O)O)c2ccccc2Cl)c1. The van der Waals surface area contributed by atoms with Crippen LogP contribution in [0.25, 0.3) is 0 Å². The van der Waals surface area contributed by atoms with Crippen LogP contribution in [0, 0.1) is 0 Å². The zero-order valence-electron chi connectivity index (χ0n) is 12.5. The number of benzene rings is 2. The summed E-state index contributed by atoms with van der Waals surface area (Å²) in [5.74, 6) is -0.787. The second kappa shape index (κ2) is 7.85. The molecule has 0 radical (unpaired) electrons. The molecule has 1 atom stereocenters. The molecule has 1 unspecified atom stereocenters. The Morgan fingerprint density at radius 2 is 2.00 bits per heavy atom. The summed E-state index contributed by atoms with van der Waals surface area (Å²) in [4.78, 5) is 11.5. The fourth-order valence-electron chi connectivity index (χ4n) is 2.32. The minimum Gasteiger partial charge on any atom is -0.494 e. The van der Waals surface area contributed by atoms with Crippen molar-refractivity contribution in [3.63, 3.8) is 0 Å². The van der Waals surface area contributed by atoms with Crippen LogP contribution in [0.15, 0.2) is 48.5 Å². The first kappa shape index (κ1) is 16.4. The summed E-state index contributed by atoms with van der Waals surface area (Å²) in [5.41, 5.74) is 1.82. The summed E-state index contributed by atoms with van der Waals surface area (Å²) in [5, 5.41) is 9.89. The number of hydrogen-bond donors (Lipinski definition) is 1. The molecule has 3 nitrogen and oxygen atoms in total. The first-order valence-corrected chi connectivity index (χ1v) is 7.68. The monoisotopic (exact) mass is 318 g/mol. The predicted molar refractivity (Wildman–Crippen MR) is 87.8 cm³/mol. The summed E-state index contributed by atoms with van der Waals surface area (Å²) < 4.78 is 5.68. The molecule has 0 saturated carbocycles. The lowest BCUT2D eigenvalue weighted by molar-refractivity contribution is -0.139. The fraction of sp³-hybridized carbons (Fsp3) is 0.278. The smallest absolute Gasteiger partial charge is 0.311 e. The third-order valence-corrected chi connectivity index (χ3v) is 3.90. The summed E-state index contributed by atoms with van der Waals surface area (Å²) in [6.45, 7) is 2.41. The van der Waals surface area contributed by atoms with Crippen molar-refractivity contribution in [3.05, 3.63) is 64.7 Å². The molecule has 1 N–H and O–H groups in total. The number of carbonyl (C=O) groups is 1. The van der Waals surface area contributed by atoms with E-state index >= 15 is 0 Å². The van der Waals surface area contributed by atoms with Crippen LogP contribution < -0.4 is 4.74 Å². The largest absolute Gasteiger partial charge is 0.494 e. The Bertz CT molecular complexity index is 640. The van der Waals surface area contributed by atoms with Gasteiger partial charge in [-0.25, -0.2) is 0 Å². The van der Waals surface area contributed by atoms with Gasteiger partial charge in [-0.1, -0.05) is 48.9 Å². The Balaban J connectivity index is 2.01. The van der Waals surface area contributed by atoms with Crippen LogP contribution in [-0.4, -0.2) is 17.7 Å². The van der Waals surface area contributed by atoms with Crippen molar-refractivity contribution < 1.29 is 14.6 Å². The maximum absolute atomic E-state index is 11.5. The van der Waals surface area contributed by atoms with E-state index in [9.17, 15) is 9.90 Å². The summed E-state index contributed by atoms with van der Waals surface area (Å²) in [6, 6.07) is 14.9. The molecule has 0 aromatic heterocycles. The average molecular weight is 319 g/mol. The molecule has 0 amide bonds. The van der Waals surface area contributed by atoms with E-state index in [4.69, 9.17) is 16.3 Å². The van der Waals surface area contributed by atoms with Gasteiger partial charge in [0.25, 0.3) is 0 Å². The van der Waals surface area contributed by atoms with Gasteiger partial charge < -0.3 is 9.84 Å². The molecule has 0 spiro atoms. The topological polar surface area (TPSA) is 46.5 Å². The average Bonchev–Trinajstić information content (AvgIpc) is 2.52. The van der Waals surface area contributed by atoms with E-state index in [1.54, 1.807) is 24.3 Å². The van der Waals surface area contributed by atoms with Gasteiger partial charge in [0, 0.05) is 5.02 Å². The summed E-state index contributed by atoms with van der Waals surface area (Å²) in [6.07, 6.45) is 1.31. The van der Waals surface area contributed by atoms with E-state index in [-0.39, 0.29) is 0 Å². The van der Waals surface area contributed by atoms with Crippen LogP contribution in [0.1, 0.15) is 30.4 Å². The lowest BCUT2D eigenvalue weighted by atomic mass is 9.96. The highest BCUT2D eigenvalue weighted by molar-refractivity contribution is 6.31. The lowest BCUT2D eigenvalue weighted by Crippen LogP contribution is -2.15. The van der Waals surface area contributed by atoms with Crippen LogP contribution in [-0.2, 0) is 11.2 Å². The number of aryl methyl sites for hydroxylation is 1. The molecule has 0 aliphatic carbocycles. The number of aliphatic carboxylic acids is 1. The van der Waals surface area contributed by atoms with E-state index < -0.39 is 11.9 Å². The summed E-state index contributed by atoms with van der Waals surface area (Å²) >= 11 is 6.09. The number of ether oxygens (including phenoxy) is 1. The van der Waals surface area contributed by atoms with Gasteiger partial charge in [0.15, 0.2) is 0 Å². The maximum atomic E-state index is 11.5. The molecule has 0 bridgehead atoms. The first-order valence-electron chi connectivity index (χ1n) is 7.30. The number of halogens is 1. The van der Waals surface area contributed by atoms with E-state index in [0.717, 1.165) is 12.2 Å². The lowest BCUT2D eigenvalue weighted by Gasteiger charge is -2.15. The quantitative estimate of drug-likeness (QED) is 0.815. The third kappa shape index (κ3) is 4.25. The van der Waals surface area contributed by atoms with Gasteiger partial charge in [-0.05, 0) is 42.2 Å². The second-order valence-corrected chi connectivity index (χ2v) is 5.46. The number of carboxylic acid groups (broad SMARTS) is 1. The van der Waals surface area contributed by atoms with Gasteiger partial charge in [0.2, 0.25) is 0 Å². The van der Waals surface area contributed by atoms with Crippen LogP contribution in [0.2, 0.25) is 5.02 Å². The Kier molecular flexibility index (Phi) is 5.84. The van der Waals surface area contributed by atoms with Gasteiger partial charge in [0.05, 0.1) is 12.5 Å². The molecule has 2 rings (SSSR count). The van der Waals surface area contributed by atoms with Crippen molar-refractivity contribution >= 4 is 17.6 Å². The molecule has 2 aromatic rings. The number of hydrogen-bond acceptors (Lipinski definition) is 2. The van der Waals surface area contributed by atoms with E-state index in [2.05, 4.69) is 6.92 Å². The Morgan fingerprint density at radius 1 is 1.23 bits per heavy atom. The highest BCUT2D eigenvalue weighted by Crippen LogP contribution is 2.27. The highest BCUT2D eigenvalue weighted by atomic mass is 35.5. The van der Waals surface area contributed by atoms with Gasteiger partial charge in [0.1, 0.15) is 5.75 Å². The highest BCUT2D eigenvalue weighted by Gasteiger charge is 2.22. The molecule has 22 heavy (non-hydrogen) atoms. The van der Waals surface area contributed by atoms with Crippen molar-refractivity contribution in [2.45, 2.75) is 25.7 Å². The van der Waals surface area contributed by atoms with Gasteiger partial charge in [-0.3, -0.25) is 4.79 Å². The normalized spacial score (nSPS) is 11.9. The molecular formula is C18H19ClO3.